The third-order valence-electron chi connectivity index (χ3n) is 17.2. The molecule has 1 saturated carbocycles. The van der Waals surface area contributed by atoms with E-state index in [1.54, 1.807) is 0 Å². The van der Waals surface area contributed by atoms with Crippen molar-refractivity contribution in [3.05, 3.63) is 0 Å². The molecule has 8 aliphatic rings. The minimum atomic E-state index is -2.58. The van der Waals surface area contributed by atoms with Gasteiger partial charge in [-0.3, -0.25) is 14.4 Å². The molecule has 7 aliphatic heterocycles. The fraction of sp³-hybridized carbons (Fsp3) is 0.941. The zero-order chi connectivity index (χ0) is 65.4. The van der Waals surface area contributed by atoms with Crippen LogP contribution in [0.2, 0.25) is 0 Å². The minimum absolute atomic E-state index is 0.271. The molecule has 1 aliphatic carbocycles. The topological polar surface area (TPSA) is 592 Å². The molecule has 38 nitrogen and oxygen atoms in total. The molecule has 0 aromatic carbocycles. The molecule has 0 aromatic rings. The summed E-state index contributed by atoms with van der Waals surface area (Å²) in [5, 5.41) is 216. The first-order chi connectivity index (χ1) is 42.1. The Morgan fingerprint density at radius 3 is 1.29 bits per heavy atom. The van der Waals surface area contributed by atoms with Crippen LogP contribution in [-0.2, 0) is 76.0 Å². The van der Waals surface area contributed by atoms with E-state index in [-0.39, 0.29) is 6.42 Å². The zero-order valence-electron chi connectivity index (χ0n) is 48.4. The fourth-order valence-corrected chi connectivity index (χ4v) is 12.4. The number of hydrogen-bond donors (Lipinski definition) is 22. The van der Waals surface area contributed by atoms with Crippen LogP contribution in [0.25, 0.3) is 0 Å². The maximum absolute atomic E-state index is 12.8. The third kappa shape index (κ3) is 15.1. The number of carbonyl (C=O) groups excluding carboxylic acids is 3. The van der Waals surface area contributed by atoms with Gasteiger partial charge in [0.1, 0.15) is 140 Å². The molecule has 0 bridgehead atoms. The van der Waals surface area contributed by atoms with E-state index in [4.69, 9.17) is 61.6 Å². The average molecular weight is 1300 g/mol. The van der Waals surface area contributed by atoms with Crippen LogP contribution in [0, 0.1) is 11.8 Å². The predicted molar refractivity (Wildman–Crippen MR) is 277 cm³/mol. The van der Waals surface area contributed by atoms with Crippen molar-refractivity contribution in [2.75, 3.05) is 46.2 Å². The number of ether oxygens (including phenoxy) is 13. The van der Waals surface area contributed by atoms with Gasteiger partial charge in [0, 0.05) is 33.3 Å². The highest BCUT2D eigenvalue weighted by atomic mass is 16.8. The Hall–Kier alpha value is -2.87. The number of rotatable bonds is 23. The van der Waals surface area contributed by atoms with E-state index < -0.39 is 284 Å². The molecular weight excluding hydrogens is 1210 g/mol. The standard InChI is InChI=1S/C51H85N3O35/c1-13-25(52-14(2)61)33(69)39(20(9-58)78-13)84-46-26(53-15(3)62)34(70)41(22(11-60)81-46)86-49-38(74)42(31(67)23(83-49)12-77-45-17(5-6-55)28(64)29(65)18(7-56)79-45)87-50-43(36(72)30(66)19(8-57)80-50)88-47-27(54-16(4)63)35(71)40(21(10-59)82-47)85-48-37(73)32(68)24-44(89-48)51(24,75)76/h13,17-50,55-60,64-76H,5-12H2,1-4H3,(H,52,61)(H,53,62)(H,54,63)/t13-,17?,18?,19?,20?,21?,22?,23?,24+,25?,26?,27?,28+,29+,30+,31+,32-,33+,34+,35+,36?,37?,38?,39+,40+,41+,42-,43?,44?,45-,46-,47-,48+,49-,50+/m0/s1. The molecule has 0 aromatic heterocycles. The summed E-state index contributed by atoms with van der Waals surface area (Å²) in [5.41, 5.74) is 0. The number of nitrogens with one attached hydrogen (secondary N) is 3. The van der Waals surface area contributed by atoms with Crippen LogP contribution in [0.1, 0.15) is 34.1 Å². The van der Waals surface area contributed by atoms with Crippen molar-refractivity contribution in [1.82, 2.24) is 16.0 Å². The van der Waals surface area contributed by atoms with E-state index in [1.165, 1.54) is 13.8 Å². The van der Waals surface area contributed by atoms with Gasteiger partial charge in [-0.05, 0) is 13.3 Å². The van der Waals surface area contributed by atoms with Crippen molar-refractivity contribution in [1.29, 1.82) is 0 Å². The fourth-order valence-electron chi connectivity index (χ4n) is 12.4. The third-order valence-corrected chi connectivity index (χ3v) is 17.2. The first-order valence-corrected chi connectivity index (χ1v) is 28.9. The summed E-state index contributed by atoms with van der Waals surface area (Å²) in [5.74, 6) is -7.45. The lowest BCUT2D eigenvalue weighted by Gasteiger charge is -2.51. The number of hydrogen-bond acceptors (Lipinski definition) is 35. The molecule has 3 amide bonds. The number of amides is 3. The Kier molecular flexibility index (Phi) is 24.5. The molecule has 8 rings (SSSR count). The second-order valence-corrected chi connectivity index (χ2v) is 23.3. The highest BCUT2D eigenvalue weighted by Gasteiger charge is 2.74. The van der Waals surface area contributed by atoms with Crippen molar-refractivity contribution >= 4 is 17.7 Å². The number of carbonyl (C=O) groups is 3. The first-order valence-electron chi connectivity index (χ1n) is 28.9. The van der Waals surface area contributed by atoms with E-state index in [2.05, 4.69) is 16.0 Å². The Morgan fingerprint density at radius 2 is 0.798 bits per heavy atom. The second kappa shape index (κ2) is 30.3. The van der Waals surface area contributed by atoms with Gasteiger partial charge >= 0.3 is 0 Å². The van der Waals surface area contributed by atoms with Gasteiger partial charge in [-0.2, -0.15) is 0 Å². The summed E-state index contributed by atoms with van der Waals surface area (Å²) >= 11 is 0. The predicted octanol–water partition coefficient (Wildman–Crippen LogP) is -14.2. The summed E-state index contributed by atoms with van der Waals surface area (Å²) in [7, 11) is 0. The van der Waals surface area contributed by atoms with Gasteiger partial charge in [0.05, 0.1) is 69.9 Å². The van der Waals surface area contributed by atoms with Gasteiger partial charge in [0.15, 0.2) is 43.5 Å². The molecule has 7 saturated heterocycles. The summed E-state index contributed by atoms with van der Waals surface area (Å²) < 4.78 is 77.3. The van der Waals surface area contributed by atoms with Crippen molar-refractivity contribution in [2.45, 2.75) is 242 Å². The van der Waals surface area contributed by atoms with Crippen LogP contribution < -0.4 is 16.0 Å². The molecule has 15 unspecified atom stereocenters. The van der Waals surface area contributed by atoms with Crippen LogP contribution >= 0.6 is 0 Å². The normalized spacial score (nSPS) is 49.0. The quantitative estimate of drug-likeness (QED) is 0.0422. The molecule has 38 heteroatoms. The van der Waals surface area contributed by atoms with Gasteiger partial charge in [-0.25, -0.2) is 0 Å². The highest BCUT2D eigenvalue weighted by molar-refractivity contribution is 5.74. The molecule has 0 radical (unpaired) electrons. The van der Waals surface area contributed by atoms with Gasteiger partial charge in [0.25, 0.3) is 0 Å². The van der Waals surface area contributed by atoms with Gasteiger partial charge in [-0.1, -0.05) is 0 Å². The molecule has 35 atom stereocenters. The number of fused-ring (bicyclic) bond motifs is 1. The minimum Gasteiger partial charge on any atom is -0.396 e. The van der Waals surface area contributed by atoms with Crippen molar-refractivity contribution in [2.24, 2.45) is 11.8 Å². The van der Waals surface area contributed by atoms with E-state index in [0.717, 1.165) is 13.8 Å². The summed E-state index contributed by atoms with van der Waals surface area (Å²) in [6.45, 7) is -1.61. The molecule has 8 fully saturated rings. The zero-order valence-corrected chi connectivity index (χ0v) is 48.4. The molecule has 7 heterocycles. The Morgan fingerprint density at radius 1 is 0.393 bits per heavy atom. The molecule has 89 heavy (non-hydrogen) atoms. The molecule has 0 spiro atoms. The lowest BCUT2D eigenvalue weighted by molar-refractivity contribution is -0.396. The van der Waals surface area contributed by atoms with E-state index in [9.17, 15) is 111 Å². The Balaban J connectivity index is 1.09. The van der Waals surface area contributed by atoms with Crippen LogP contribution in [-0.4, -0.2) is 369 Å². The largest absolute Gasteiger partial charge is 0.396 e. The summed E-state index contributed by atoms with van der Waals surface area (Å²) in [4.78, 5) is 37.7. The first kappa shape index (κ1) is 72.0. The van der Waals surface area contributed by atoms with E-state index in [1.807, 2.05) is 0 Å². The smallest absolute Gasteiger partial charge is 0.217 e. The van der Waals surface area contributed by atoms with Crippen molar-refractivity contribution < 1.29 is 173 Å². The number of aliphatic hydroxyl groups is 19. The number of aliphatic hydroxyl groups excluding tert-OH is 17. The lowest BCUT2D eigenvalue weighted by atomic mass is 9.88. The maximum Gasteiger partial charge on any atom is 0.217 e. The molecule has 514 valence electrons. The highest BCUT2D eigenvalue weighted by Crippen LogP contribution is 2.52. The van der Waals surface area contributed by atoms with Gasteiger partial charge in [0.2, 0.25) is 17.7 Å². The maximum atomic E-state index is 12.8. The van der Waals surface area contributed by atoms with Gasteiger partial charge in [-0.15, -0.1) is 0 Å². The van der Waals surface area contributed by atoms with Gasteiger partial charge < -0.3 is 175 Å². The summed E-state index contributed by atoms with van der Waals surface area (Å²) in [6, 6.07) is -4.72. The van der Waals surface area contributed by atoms with E-state index >= 15 is 0 Å². The van der Waals surface area contributed by atoms with Crippen LogP contribution in [0.15, 0.2) is 0 Å². The second-order valence-electron chi connectivity index (χ2n) is 23.3. The Labute approximate surface area is 506 Å². The summed E-state index contributed by atoms with van der Waals surface area (Å²) in [6.07, 6.45) is -56.2. The average Bonchev–Trinajstić information content (AvgIpc) is 1.57. The monoisotopic (exact) mass is 1300 g/mol. The Bertz CT molecular complexity index is 2310. The van der Waals surface area contributed by atoms with Crippen LogP contribution in [0.4, 0.5) is 0 Å². The van der Waals surface area contributed by atoms with Crippen molar-refractivity contribution in [3.8, 4) is 0 Å². The van der Waals surface area contributed by atoms with E-state index in [0.29, 0.717) is 0 Å². The lowest BCUT2D eigenvalue weighted by Crippen LogP contribution is -2.70. The van der Waals surface area contributed by atoms with Crippen molar-refractivity contribution in [3.63, 3.8) is 0 Å². The van der Waals surface area contributed by atoms with Crippen LogP contribution in [0.5, 0.6) is 0 Å². The SMILES string of the molecule is CC(=O)NC1[C@H](OC2C(O)[C@H](O)C(CO)O[C@@H]2O[C@@H]2C(O)[C@H](O[C@@H]3C(CO)O[C@@H](O[C@@H]4C(CO)O[C@@H](C)C(NC(C)=O)[C@H]4O)C(NC(C)=O)[C@H]3O)OC(CO[C@H]3OC(CO)[C@@H](O)[C@H](O)C3CCO)[C@H]2O)OC(CO)[C@@H](O[C@@H]2OC3[C@@H]([C@H](O)C2O)C3(O)O)[C@@H]1O. The molecule has 22 N–H and O–H groups in total. The van der Waals surface area contributed by atoms with Crippen LogP contribution in [0.3, 0.4) is 0 Å². The molecular formula is C51H85N3O35.